The number of amides is 1. The van der Waals surface area contributed by atoms with Gasteiger partial charge in [-0.15, -0.1) is 0 Å². The van der Waals surface area contributed by atoms with Gasteiger partial charge in [0.1, 0.15) is 23.1 Å². The summed E-state index contributed by atoms with van der Waals surface area (Å²) < 4.78 is 14.2. The lowest BCUT2D eigenvalue weighted by Gasteiger charge is -2.46. The highest BCUT2D eigenvalue weighted by Crippen LogP contribution is 2.58. The third-order valence-corrected chi connectivity index (χ3v) is 6.84. The van der Waals surface area contributed by atoms with Crippen molar-refractivity contribution in [1.29, 1.82) is 5.26 Å². The summed E-state index contributed by atoms with van der Waals surface area (Å²) in [5.41, 5.74) is 6.99. The lowest BCUT2D eigenvalue weighted by atomic mass is 9.60. The van der Waals surface area contributed by atoms with E-state index in [1.54, 1.807) is 42.3 Å². The van der Waals surface area contributed by atoms with Crippen molar-refractivity contribution in [3.8, 4) is 6.07 Å². The molecule has 2 heterocycles. The molecule has 33 heavy (non-hydrogen) atoms. The average molecular weight is 442 g/mol. The number of anilines is 2. The average Bonchev–Trinajstić information content (AvgIpc) is 2.96. The first-order valence-electron chi connectivity index (χ1n) is 10.7. The van der Waals surface area contributed by atoms with Crippen LogP contribution in [0.1, 0.15) is 32.3 Å². The summed E-state index contributed by atoms with van der Waals surface area (Å²) in [5.74, 6) is -1.03. The van der Waals surface area contributed by atoms with Crippen molar-refractivity contribution < 1.29 is 14.0 Å². The summed E-state index contributed by atoms with van der Waals surface area (Å²) >= 11 is 0. The number of nitriles is 1. The molecule has 5 rings (SSSR count). The van der Waals surface area contributed by atoms with E-state index in [4.69, 9.17) is 5.73 Å². The van der Waals surface area contributed by atoms with Crippen LogP contribution in [0.25, 0.3) is 0 Å². The molecular weight excluding hydrogens is 419 g/mol. The quantitative estimate of drug-likeness (QED) is 0.724. The second kappa shape index (κ2) is 6.79. The maximum atomic E-state index is 14.2. The number of rotatable bonds is 1. The molecule has 166 valence electrons. The molecule has 1 aliphatic carbocycles. The lowest BCUT2D eigenvalue weighted by molar-refractivity contribution is -0.124. The number of carbonyl (C=O) groups is 2. The number of likely N-dealkylation sites (N-methyl/N-ethyl adjacent to an activating group) is 1. The predicted molar refractivity (Wildman–Crippen MR) is 122 cm³/mol. The van der Waals surface area contributed by atoms with E-state index in [0.29, 0.717) is 29.1 Å². The topological polar surface area (TPSA) is 90.4 Å². The van der Waals surface area contributed by atoms with Gasteiger partial charge < -0.3 is 10.6 Å². The second-order valence-corrected chi connectivity index (χ2v) is 9.58. The van der Waals surface area contributed by atoms with Crippen LogP contribution in [0.4, 0.5) is 15.8 Å². The molecule has 6 nitrogen and oxygen atoms in total. The van der Waals surface area contributed by atoms with E-state index in [0.717, 1.165) is 0 Å². The highest BCUT2D eigenvalue weighted by molar-refractivity contribution is 6.20. The highest BCUT2D eigenvalue weighted by Gasteiger charge is 2.62. The molecule has 0 fully saturated rings. The smallest absolute Gasteiger partial charge is 0.247 e. The van der Waals surface area contributed by atoms with E-state index in [-0.39, 0.29) is 35.1 Å². The fourth-order valence-corrected chi connectivity index (χ4v) is 5.57. The summed E-state index contributed by atoms with van der Waals surface area (Å²) in [6.45, 7) is 3.95. The number of nitrogens with zero attached hydrogens (tertiary/aromatic N) is 3. The van der Waals surface area contributed by atoms with Gasteiger partial charge in [0.05, 0.1) is 11.3 Å². The normalized spacial score (nSPS) is 23.7. The Morgan fingerprint density at radius 2 is 1.82 bits per heavy atom. The number of Topliss-reactive ketones (excluding diaryl/α,β-unsaturated/α-hetero) is 1. The maximum absolute atomic E-state index is 14.2. The van der Waals surface area contributed by atoms with Crippen molar-refractivity contribution in [1.82, 2.24) is 0 Å². The minimum absolute atomic E-state index is 0.0135. The first-order chi connectivity index (χ1) is 15.6. The molecule has 0 aromatic heterocycles. The molecule has 1 unspecified atom stereocenters. The molecule has 1 spiro atoms. The third-order valence-electron chi connectivity index (χ3n) is 6.84. The van der Waals surface area contributed by atoms with Crippen LogP contribution in [0, 0.1) is 22.6 Å². The Balaban J connectivity index is 1.92. The lowest BCUT2D eigenvalue weighted by Crippen LogP contribution is -2.53. The molecule has 3 aliphatic rings. The van der Waals surface area contributed by atoms with Gasteiger partial charge in [0, 0.05) is 36.0 Å². The van der Waals surface area contributed by atoms with Crippen LogP contribution in [0.2, 0.25) is 0 Å². The summed E-state index contributed by atoms with van der Waals surface area (Å²) in [6.07, 6.45) is 0.660. The molecule has 0 saturated heterocycles. The standard InChI is InChI=1S/C26H23FN4O2/c1-25(2)12-20-22(21(32)13-25)26(17-9-4-5-10-19(17)30(3)24(26)33)18(14-28)23(29)31(20)16-8-6-7-15(27)11-16/h4-11H,12-13,29H2,1-3H3. The van der Waals surface area contributed by atoms with Gasteiger partial charge in [0.25, 0.3) is 0 Å². The van der Waals surface area contributed by atoms with Crippen LogP contribution in [-0.4, -0.2) is 18.7 Å². The van der Waals surface area contributed by atoms with Crippen LogP contribution in [0.3, 0.4) is 0 Å². The first kappa shape index (κ1) is 21.0. The number of hydrogen-bond acceptors (Lipinski definition) is 5. The van der Waals surface area contributed by atoms with Gasteiger partial charge in [-0.25, -0.2) is 4.39 Å². The number of halogens is 1. The van der Waals surface area contributed by atoms with Crippen molar-refractivity contribution in [2.24, 2.45) is 11.1 Å². The Morgan fingerprint density at radius 3 is 2.52 bits per heavy atom. The number of nitrogens with two attached hydrogens (primary N) is 1. The van der Waals surface area contributed by atoms with Gasteiger partial charge >= 0.3 is 0 Å². The van der Waals surface area contributed by atoms with Crippen LogP contribution in [0.5, 0.6) is 0 Å². The van der Waals surface area contributed by atoms with Crippen LogP contribution in [-0.2, 0) is 15.0 Å². The molecule has 2 aromatic rings. The molecule has 1 atom stereocenters. The van der Waals surface area contributed by atoms with Gasteiger partial charge in [-0.1, -0.05) is 38.1 Å². The van der Waals surface area contributed by atoms with E-state index >= 15 is 0 Å². The minimum atomic E-state index is -1.61. The van der Waals surface area contributed by atoms with Gasteiger partial charge in [-0.2, -0.15) is 5.26 Å². The summed E-state index contributed by atoms with van der Waals surface area (Å²) in [6, 6.07) is 15.2. The molecule has 0 bridgehead atoms. The van der Waals surface area contributed by atoms with E-state index in [1.807, 2.05) is 19.9 Å². The zero-order valence-corrected chi connectivity index (χ0v) is 18.6. The molecule has 2 N–H and O–H groups in total. The summed E-state index contributed by atoms with van der Waals surface area (Å²) in [5, 5.41) is 10.3. The number of allylic oxidation sites excluding steroid dienone is 1. The van der Waals surface area contributed by atoms with Crippen molar-refractivity contribution >= 4 is 23.1 Å². The zero-order chi connectivity index (χ0) is 23.7. The fraction of sp³-hybridized carbons (Fsp3) is 0.269. The third kappa shape index (κ3) is 2.64. The highest BCUT2D eigenvalue weighted by atomic mass is 19.1. The van der Waals surface area contributed by atoms with Crippen LogP contribution >= 0.6 is 0 Å². The van der Waals surface area contributed by atoms with Crippen LogP contribution < -0.4 is 15.5 Å². The van der Waals surface area contributed by atoms with Crippen molar-refractivity contribution in [3.63, 3.8) is 0 Å². The van der Waals surface area contributed by atoms with Gasteiger partial charge in [0.2, 0.25) is 5.91 Å². The van der Waals surface area contributed by atoms with E-state index in [9.17, 15) is 19.2 Å². The second-order valence-electron chi connectivity index (χ2n) is 9.58. The molecule has 0 saturated carbocycles. The predicted octanol–water partition coefficient (Wildman–Crippen LogP) is 3.90. The number of fused-ring (bicyclic) bond motifs is 3. The SMILES string of the molecule is CN1C(=O)C2(C(C#N)=C(N)N(c3cccc(F)c3)C3=C2C(=O)CC(C)(C)C3)c2ccccc21. The van der Waals surface area contributed by atoms with Crippen molar-refractivity contribution in [2.75, 3.05) is 16.8 Å². The Labute approximate surface area is 191 Å². The van der Waals surface area contributed by atoms with Crippen LogP contribution in [0.15, 0.2) is 71.2 Å². The fourth-order valence-electron chi connectivity index (χ4n) is 5.57. The minimum Gasteiger partial charge on any atom is -0.384 e. The van der Waals surface area contributed by atoms with Gasteiger partial charge in [-0.3, -0.25) is 14.5 Å². The molecule has 7 heteroatoms. The number of ketones is 1. The zero-order valence-electron chi connectivity index (χ0n) is 18.6. The van der Waals surface area contributed by atoms with Crippen molar-refractivity contribution in [2.45, 2.75) is 32.1 Å². The largest absolute Gasteiger partial charge is 0.384 e. The van der Waals surface area contributed by atoms with Crippen molar-refractivity contribution in [3.05, 3.63) is 82.6 Å². The molecular formula is C26H23FN4O2. The molecule has 2 aromatic carbocycles. The number of para-hydroxylation sites is 1. The maximum Gasteiger partial charge on any atom is 0.247 e. The Hall–Kier alpha value is -3.92. The Morgan fingerprint density at radius 1 is 1.09 bits per heavy atom. The van der Waals surface area contributed by atoms with E-state index in [2.05, 4.69) is 6.07 Å². The Bertz CT molecular complexity index is 1350. The van der Waals surface area contributed by atoms with E-state index < -0.39 is 16.6 Å². The molecule has 2 aliphatic heterocycles. The van der Waals surface area contributed by atoms with Gasteiger partial charge in [-0.05, 0) is 36.1 Å². The Kier molecular flexibility index (Phi) is 4.31. The first-order valence-corrected chi connectivity index (χ1v) is 10.7. The molecule has 0 radical (unpaired) electrons. The summed E-state index contributed by atoms with van der Waals surface area (Å²) in [4.78, 5) is 30.8. The monoisotopic (exact) mass is 442 g/mol. The number of benzene rings is 2. The number of carbonyl (C=O) groups excluding carboxylic acids is 2. The number of hydrogen-bond donors (Lipinski definition) is 1. The summed E-state index contributed by atoms with van der Waals surface area (Å²) in [7, 11) is 1.64. The van der Waals surface area contributed by atoms with E-state index in [1.165, 1.54) is 17.0 Å². The molecule has 1 amide bonds. The van der Waals surface area contributed by atoms with Gasteiger partial charge in [0.15, 0.2) is 5.78 Å².